The number of ether oxygens (including phenoxy) is 1. The summed E-state index contributed by atoms with van der Waals surface area (Å²) in [7, 11) is 1.32. The number of nitrogen functional groups attached to an aromatic ring is 1. The van der Waals surface area contributed by atoms with E-state index in [1.54, 1.807) is 13.0 Å². The zero-order valence-corrected chi connectivity index (χ0v) is 22.0. The van der Waals surface area contributed by atoms with Crippen LogP contribution in [0.15, 0.2) is 41.1 Å². The number of piperazine rings is 1. The van der Waals surface area contributed by atoms with Crippen molar-refractivity contribution in [1.29, 1.82) is 0 Å². The highest BCUT2D eigenvalue weighted by Gasteiger charge is 2.34. The molecule has 5 rings (SSSR count). The minimum absolute atomic E-state index is 0.0122. The number of nitrogens with zero attached hydrogens (tertiary/aromatic N) is 6. The van der Waals surface area contributed by atoms with Gasteiger partial charge in [-0.1, -0.05) is 0 Å². The fourth-order valence-corrected chi connectivity index (χ4v) is 4.54. The van der Waals surface area contributed by atoms with Crippen LogP contribution in [0.3, 0.4) is 0 Å². The summed E-state index contributed by atoms with van der Waals surface area (Å²) in [5.41, 5.74) is 11.1. The molecular weight excluding hydrogens is 545 g/mol. The fraction of sp³-hybridized carbons (Fsp3) is 0.308. The molecule has 1 aliphatic rings. The average molecular weight is 571 g/mol. The Bertz CT molecular complexity index is 1630. The fourth-order valence-electron chi connectivity index (χ4n) is 4.54. The molecule has 1 saturated heterocycles. The second-order valence-electron chi connectivity index (χ2n) is 9.30. The maximum Gasteiger partial charge on any atom is 0.433 e. The summed E-state index contributed by atoms with van der Waals surface area (Å²) in [6, 6.07) is 4.38. The molecule has 1 aliphatic heterocycles. The van der Waals surface area contributed by atoms with Crippen molar-refractivity contribution in [2.24, 2.45) is 5.73 Å². The molecule has 1 fully saturated rings. The Labute approximate surface area is 231 Å². The molecule has 0 unspecified atom stereocenters. The standard InChI is InChI=1S/C26H25F3N8O4/c1-13(30)21-19(24(38)36-9-11-37(12-10-36)25(39)20-22(31)33-8-7-32-20)35-23(41-21)15-3-5-16(40-2)18-14(15)4-6-17(34-18)26(27,28)29/h3-8,13H,9-12,30H2,1-2H3,(H2,31,33)/t13-/m0/s1. The molecule has 12 nitrogen and oxygen atoms in total. The molecule has 1 atom stereocenters. The van der Waals surface area contributed by atoms with E-state index in [1.807, 2.05) is 0 Å². The lowest BCUT2D eigenvalue weighted by molar-refractivity contribution is -0.140. The monoisotopic (exact) mass is 570 g/mol. The number of halogens is 3. The second-order valence-corrected chi connectivity index (χ2v) is 9.30. The predicted octanol–water partition coefficient (Wildman–Crippen LogP) is 2.91. The summed E-state index contributed by atoms with van der Waals surface area (Å²) in [5, 5.41) is 0.282. The highest BCUT2D eigenvalue weighted by Crippen LogP contribution is 2.37. The number of carbonyl (C=O) groups excluding carboxylic acids is 2. The van der Waals surface area contributed by atoms with Crippen LogP contribution in [0, 0.1) is 0 Å². The van der Waals surface area contributed by atoms with Crippen molar-refractivity contribution in [1.82, 2.24) is 29.7 Å². The van der Waals surface area contributed by atoms with Gasteiger partial charge in [0.1, 0.15) is 17.0 Å². The minimum Gasteiger partial charge on any atom is -0.494 e. The zero-order chi connectivity index (χ0) is 29.5. The van der Waals surface area contributed by atoms with Gasteiger partial charge in [0.05, 0.1) is 13.2 Å². The molecule has 2 amide bonds. The van der Waals surface area contributed by atoms with Crippen molar-refractivity contribution in [2.45, 2.75) is 19.1 Å². The molecule has 4 aromatic rings. The van der Waals surface area contributed by atoms with Gasteiger partial charge in [-0.25, -0.2) is 19.9 Å². The van der Waals surface area contributed by atoms with Crippen molar-refractivity contribution in [3.63, 3.8) is 0 Å². The van der Waals surface area contributed by atoms with Crippen LogP contribution in [-0.2, 0) is 6.18 Å². The number of fused-ring (bicyclic) bond motifs is 1. The van der Waals surface area contributed by atoms with Gasteiger partial charge in [-0.2, -0.15) is 13.2 Å². The van der Waals surface area contributed by atoms with E-state index in [0.717, 1.165) is 6.07 Å². The van der Waals surface area contributed by atoms with Gasteiger partial charge in [0, 0.05) is 49.5 Å². The average Bonchev–Trinajstić information content (AvgIpc) is 3.41. The first-order valence-corrected chi connectivity index (χ1v) is 12.5. The number of oxazole rings is 1. The maximum atomic E-state index is 13.5. The van der Waals surface area contributed by atoms with E-state index >= 15 is 0 Å². The quantitative estimate of drug-likeness (QED) is 0.364. The van der Waals surface area contributed by atoms with Crippen molar-refractivity contribution >= 4 is 28.5 Å². The third-order valence-corrected chi connectivity index (χ3v) is 6.61. The van der Waals surface area contributed by atoms with E-state index in [1.165, 1.54) is 41.4 Å². The number of amides is 2. The Kier molecular flexibility index (Phi) is 7.21. The lowest BCUT2D eigenvalue weighted by Crippen LogP contribution is -2.51. The van der Waals surface area contributed by atoms with Gasteiger partial charge in [0.15, 0.2) is 23.0 Å². The summed E-state index contributed by atoms with van der Waals surface area (Å²) < 4.78 is 51.1. The summed E-state index contributed by atoms with van der Waals surface area (Å²) in [6.07, 6.45) is -1.90. The van der Waals surface area contributed by atoms with E-state index in [9.17, 15) is 22.8 Å². The Morgan fingerprint density at radius 2 is 1.61 bits per heavy atom. The molecule has 0 saturated carbocycles. The zero-order valence-electron chi connectivity index (χ0n) is 22.0. The topological polar surface area (TPSA) is 167 Å². The third-order valence-electron chi connectivity index (χ3n) is 6.61. The van der Waals surface area contributed by atoms with Crippen molar-refractivity contribution in [2.75, 3.05) is 39.0 Å². The van der Waals surface area contributed by atoms with Crippen LogP contribution in [0.4, 0.5) is 19.0 Å². The van der Waals surface area contributed by atoms with Gasteiger partial charge in [-0.05, 0) is 31.2 Å². The molecule has 1 aromatic carbocycles. The van der Waals surface area contributed by atoms with E-state index in [2.05, 4.69) is 19.9 Å². The number of pyridine rings is 1. The molecule has 214 valence electrons. The molecule has 0 radical (unpaired) electrons. The number of alkyl halides is 3. The van der Waals surface area contributed by atoms with E-state index in [-0.39, 0.29) is 71.7 Å². The number of anilines is 1. The second kappa shape index (κ2) is 10.6. The Morgan fingerprint density at radius 3 is 2.20 bits per heavy atom. The number of hydrogen-bond acceptors (Lipinski definition) is 10. The van der Waals surface area contributed by atoms with Crippen LogP contribution >= 0.6 is 0 Å². The number of methoxy groups -OCH3 is 1. The number of rotatable bonds is 5. The summed E-state index contributed by atoms with van der Waals surface area (Å²) >= 11 is 0. The predicted molar refractivity (Wildman–Crippen MR) is 140 cm³/mol. The largest absolute Gasteiger partial charge is 0.494 e. The molecule has 3 aromatic heterocycles. The van der Waals surface area contributed by atoms with E-state index in [0.29, 0.717) is 5.56 Å². The van der Waals surface area contributed by atoms with Crippen molar-refractivity contribution in [3.8, 4) is 17.2 Å². The third kappa shape index (κ3) is 5.23. The summed E-state index contributed by atoms with van der Waals surface area (Å²) in [5.74, 6) is -0.615. The van der Waals surface area contributed by atoms with Gasteiger partial charge >= 0.3 is 6.18 Å². The lowest BCUT2D eigenvalue weighted by Gasteiger charge is -2.34. The van der Waals surface area contributed by atoms with Crippen LogP contribution in [0.1, 0.15) is 45.4 Å². The molecule has 15 heteroatoms. The van der Waals surface area contributed by atoms with E-state index in [4.69, 9.17) is 20.6 Å². The molecule has 4 N–H and O–H groups in total. The number of hydrogen-bond donors (Lipinski definition) is 2. The number of aromatic nitrogens is 4. The van der Waals surface area contributed by atoms with Crippen molar-refractivity contribution < 1.29 is 31.9 Å². The molecule has 0 spiro atoms. The maximum absolute atomic E-state index is 13.5. The lowest BCUT2D eigenvalue weighted by atomic mass is 10.1. The smallest absolute Gasteiger partial charge is 0.433 e. The van der Waals surface area contributed by atoms with Crippen LogP contribution in [0.25, 0.3) is 22.4 Å². The Morgan fingerprint density at radius 1 is 0.976 bits per heavy atom. The number of benzene rings is 1. The molecule has 4 heterocycles. The summed E-state index contributed by atoms with van der Waals surface area (Å²) in [6.45, 7) is 2.44. The number of carbonyl (C=O) groups is 2. The van der Waals surface area contributed by atoms with Gasteiger partial charge < -0.3 is 30.4 Å². The minimum atomic E-state index is -4.66. The molecule has 41 heavy (non-hydrogen) atoms. The van der Waals surface area contributed by atoms with E-state index < -0.39 is 29.7 Å². The van der Waals surface area contributed by atoms with Crippen LogP contribution in [0.5, 0.6) is 5.75 Å². The molecular formula is C26H25F3N8O4. The van der Waals surface area contributed by atoms with Crippen LogP contribution < -0.4 is 16.2 Å². The van der Waals surface area contributed by atoms with Crippen molar-refractivity contribution in [3.05, 3.63) is 59.5 Å². The first-order valence-electron chi connectivity index (χ1n) is 12.5. The SMILES string of the molecule is COc1ccc(-c2nc(C(=O)N3CCN(C(=O)c4nccnc4N)CC3)c([C@H](C)N)o2)c2ccc(C(F)(F)F)nc12. The summed E-state index contributed by atoms with van der Waals surface area (Å²) in [4.78, 5) is 45.5. The van der Waals surface area contributed by atoms with Gasteiger partial charge in [-0.15, -0.1) is 0 Å². The Hall–Kier alpha value is -4.79. The van der Waals surface area contributed by atoms with Gasteiger partial charge in [0.2, 0.25) is 5.89 Å². The van der Waals surface area contributed by atoms with Gasteiger partial charge in [-0.3, -0.25) is 9.59 Å². The first-order chi connectivity index (χ1) is 19.5. The normalized spacial score (nSPS) is 14.8. The number of nitrogens with two attached hydrogens (primary N) is 2. The van der Waals surface area contributed by atoms with Crippen LogP contribution in [-0.4, -0.2) is 74.8 Å². The molecule has 0 bridgehead atoms. The Balaban J connectivity index is 1.43. The van der Waals surface area contributed by atoms with Crippen LogP contribution in [0.2, 0.25) is 0 Å². The van der Waals surface area contributed by atoms with Gasteiger partial charge in [0.25, 0.3) is 11.8 Å². The molecule has 0 aliphatic carbocycles. The highest BCUT2D eigenvalue weighted by atomic mass is 19.4. The highest BCUT2D eigenvalue weighted by molar-refractivity contribution is 5.99. The first kappa shape index (κ1) is 27.8.